The van der Waals surface area contributed by atoms with Gasteiger partial charge in [0.2, 0.25) is 11.8 Å². The Morgan fingerprint density at radius 2 is 2.11 bits per heavy atom. The minimum Gasteiger partial charge on any atom is -0.358 e. The van der Waals surface area contributed by atoms with Gasteiger partial charge in [-0.15, -0.1) is 0 Å². The molecule has 2 amide bonds. The molecule has 1 aromatic heterocycles. The van der Waals surface area contributed by atoms with Crippen LogP contribution in [0.5, 0.6) is 0 Å². The van der Waals surface area contributed by atoms with Gasteiger partial charge in [0.05, 0.1) is 11.9 Å². The highest BCUT2D eigenvalue weighted by Crippen LogP contribution is 2.05. The number of hydrogen-bond donors (Lipinski definition) is 3. The van der Waals surface area contributed by atoms with Crippen LogP contribution >= 0.6 is 0 Å². The Balaban J connectivity index is 2.38. The van der Waals surface area contributed by atoms with E-state index in [-0.39, 0.29) is 18.4 Å². The third-order valence-corrected chi connectivity index (χ3v) is 2.33. The van der Waals surface area contributed by atoms with Crippen molar-refractivity contribution < 1.29 is 9.59 Å². The Morgan fingerprint density at radius 3 is 2.78 bits per heavy atom. The van der Waals surface area contributed by atoms with Gasteiger partial charge in [0.15, 0.2) is 0 Å². The standard InChI is InChI=1S/C11H19N5O2/c1-12-5-3-4-10(17)15-9-6-14-16(7-9)8-11(18)13-2/h6-7,12H,3-5,8H2,1-2H3,(H,13,18)(H,15,17). The highest BCUT2D eigenvalue weighted by Gasteiger charge is 2.06. The van der Waals surface area contributed by atoms with Gasteiger partial charge < -0.3 is 16.0 Å². The number of amides is 2. The monoisotopic (exact) mass is 253 g/mol. The zero-order chi connectivity index (χ0) is 13.4. The Bertz CT molecular complexity index is 402. The van der Waals surface area contributed by atoms with E-state index in [9.17, 15) is 9.59 Å². The van der Waals surface area contributed by atoms with Crippen LogP contribution in [0, 0.1) is 0 Å². The highest BCUT2D eigenvalue weighted by molar-refractivity contribution is 5.90. The molecule has 0 unspecified atom stereocenters. The summed E-state index contributed by atoms with van der Waals surface area (Å²) in [4.78, 5) is 22.6. The van der Waals surface area contributed by atoms with Crippen LogP contribution in [0.25, 0.3) is 0 Å². The van der Waals surface area contributed by atoms with Crippen LogP contribution in [0.4, 0.5) is 5.69 Å². The summed E-state index contributed by atoms with van der Waals surface area (Å²) in [5.74, 6) is -0.185. The number of carbonyl (C=O) groups excluding carboxylic acids is 2. The molecule has 0 fully saturated rings. The summed E-state index contributed by atoms with van der Waals surface area (Å²) in [5.41, 5.74) is 0.605. The van der Waals surface area contributed by atoms with E-state index in [0.29, 0.717) is 12.1 Å². The number of carbonyl (C=O) groups is 2. The molecule has 0 aromatic carbocycles. The second-order valence-electron chi connectivity index (χ2n) is 3.86. The summed E-state index contributed by atoms with van der Waals surface area (Å²) in [5, 5.41) is 12.2. The van der Waals surface area contributed by atoms with Gasteiger partial charge in [-0.1, -0.05) is 0 Å². The van der Waals surface area contributed by atoms with E-state index in [1.54, 1.807) is 13.2 Å². The molecule has 1 heterocycles. The molecule has 100 valence electrons. The number of nitrogens with zero attached hydrogens (tertiary/aromatic N) is 2. The van der Waals surface area contributed by atoms with Crippen molar-refractivity contribution in [2.75, 3.05) is 26.0 Å². The van der Waals surface area contributed by atoms with Gasteiger partial charge in [0, 0.05) is 19.7 Å². The number of nitrogens with one attached hydrogen (secondary N) is 3. The van der Waals surface area contributed by atoms with Crippen LogP contribution < -0.4 is 16.0 Å². The smallest absolute Gasteiger partial charge is 0.241 e. The molecule has 0 radical (unpaired) electrons. The number of anilines is 1. The summed E-state index contributed by atoms with van der Waals surface area (Å²) in [6, 6.07) is 0. The van der Waals surface area contributed by atoms with Gasteiger partial charge in [0.1, 0.15) is 6.54 Å². The molecule has 1 rings (SSSR count). The number of likely N-dealkylation sites (N-methyl/N-ethyl adjacent to an activating group) is 1. The topological polar surface area (TPSA) is 88.1 Å². The van der Waals surface area contributed by atoms with Gasteiger partial charge in [-0.2, -0.15) is 5.10 Å². The lowest BCUT2D eigenvalue weighted by Crippen LogP contribution is -2.23. The maximum atomic E-state index is 11.5. The first-order valence-electron chi connectivity index (χ1n) is 5.83. The maximum absolute atomic E-state index is 11.5. The van der Waals surface area contributed by atoms with Crippen molar-refractivity contribution in [3.63, 3.8) is 0 Å². The fraction of sp³-hybridized carbons (Fsp3) is 0.545. The molecule has 7 nitrogen and oxygen atoms in total. The first-order valence-corrected chi connectivity index (χ1v) is 5.83. The Labute approximate surface area is 106 Å². The quantitative estimate of drug-likeness (QED) is 0.575. The average Bonchev–Trinajstić information content (AvgIpc) is 2.76. The first kappa shape index (κ1) is 14.2. The second-order valence-corrected chi connectivity index (χ2v) is 3.86. The van der Waals surface area contributed by atoms with Crippen molar-refractivity contribution in [1.82, 2.24) is 20.4 Å². The number of aromatic nitrogens is 2. The first-order chi connectivity index (χ1) is 8.65. The third kappa shape index (κ3) is 4.96. The van der Waals surface area contributed by atoms with Crippen LogP contribution in [0.2, 0.25) is 0 Å². The summed E-state index contributed by atoms with van der Waals surface area (Å²) in [6.07, 6.45) is 4.40. The van der Waals surface area contributed by atoms with Crippen molar-refractivity contribution in [1.29, 1.82) is 0 Å². The van der Waals surface area contributed by atoms with E-state index < -0.39 is 0 Å². The van der Waals surface area contributed by atoms with Crippen molar-refractivity contribution >= 4 is 17.5 Å². The zero-order valence-corrected chi connectivity index (χ0v) is 10.7. The number of hydrogen-bond acceptors (Lipinski definition) is 4. The molecular weight excluding hydrogens is 234 g/mol. The summed E-state index contributed by atoms with van der Waals surface area (Å²) in [6.45, 7) is 0.954. The van der Waals surface area contributed by atoms with E-state index in [1.807, 2.05) is 7.05 Å². The van der Waals surface area contributed by atoms with E-state index in [0.717, 1.165) is 13.0 Å². The third-order valence-electron chi connectivity index (χ3n) is 2.33. The molecule has 0 bridgehead atoms. The zero-order valence-electron chi connectivity index (χ0n) is 10.7. The molecule has 0 aliphatic heterocycles. The van der Waals surface area contributed by atoms with Crippen LogP contribution in [0.15, 0.2) is 12.4 Å². The number of rotatable bonds is 7. The SMILES string of the molecule is CNCCCC(=O)Nc1cnn(CC(=O)NC)c1. The van der Waals surface area contributed by atoms with Gasteiger partial charge in [-0.05, 0) is 20.0 Å². The van der Waals surface area contributed by atoms with Crippen LogP contribution in [-0.2, 0) is 16.1 Å². The molecule has 3 N–H and O–H groups in total. The van der Waals surface area contributed by atoms with Gasteiger partial charge in [-0.3, -0.25) is 14.3 Å². The van der Waals surface area contributed by atoms with E-state index in [1.165, 1.54) is 10.9 Å². The largest absolute Gasteiger partial charge is 0.358 e. The Kier molecular flexibility index (Phi) is 5.86. The van der Waals surface area contributed by atoms with Gasteiger partial charge in [-0.25, -0.2) is 0 Å². The molecule has 0 aliphatic carbocycles. The summed E-state index contributed by atoms with van der Waals surface area (Å²) < 4.78 is 1.47. The molecule has 18 heavy (non-hydrogen) atoms. The molecular formula is C11H19N5O2. The van der Waals surface area contributed by atoms with Gasteiger partial charge >= 0.3 is 0 Å². The lowest BCUT2D eigenvalue weighted by molar-refractivity contribution is -0.121. The molecule has 0 atom stereocenters. The predicted octanol–water partition coefficient (Wildman–Crippen LogP) is -0.433. The fourth-order valence-corrected chi connectivity index (χ4v) is 1.39. The van der Waals surface area contributed by atoms with Crippen LogP contribution in [0.1, 0.15) is 12.8 Å². The summed E-state index contributed by atoms with van der Waals surface area (Å²) >= 11 is 0. The molecule has 0 saturated carbocycles. The predicted molar refractivity (Wildman–Crippen MR) is 68.1 cm³/mol. The molecule has 0 saturated heterocycles. The highest BCUT2D eigenvalue weighted by atomic mass is 16.2. The van der Waals surface area contributed by atoms with Gasteiger partial charge in [0.25, 0.3) is 0 Å². The van der Waals surface area contributed by atoms with Crippen molar-refractivity contribution in [2.24, 2.45) is 0 Å². The lowest BCUT2D eigenvalue weighted by atomic mass is 10.3. The molecule has 0 spiro atoms. The molecule has 0 aliphatic rings. The van der Waals surface area contributed by atoms with E-state index >= 15 is 0 Å². The normalized spacial score (nSPS) is 10.1. The van der Waals surface area contributed by atoms with Crippen molar-refractivity contribution in [3.05, 3.63) is 12.4 Å². The van der Waals surface area contributed by atoms with E-state index in [2.05, 4.69) is 21.0 Å². The van der Waals surface area contributed by atoms with E-state index in [4.69, 9.17) is 0 Å². The summed E-state index contributed by atoms with van der Waals surface area (Å²) in [7, 11) is 3.41. The maximum Gasteiger partial charge on any atom is 0.241 e. The van der Waals surface area contributed by atoms with Crippen LogP contribution in [-0.4, -0.2) is 42.2 Å². The minimum absolute atomic E-state index is 0.0512. The van der Waals surface area contributed by atoms with Crippen molar-refractivity contribution in [2.45, 2.75) is 19.4 Å². The van der Waals surface area contributed by atoms with Crippen molar-refractivity contribution in [3.8, 4) is 0 Å². The Hall–Kier alpha value is -1.89. The van der Waals surface area contributed by atoms with Crippen LogP contribution in [0.3, 0.4) is 0 Å². The fourth-order valence-electron chi connectivity index (χ4n) is 1.39. The Morgan fingerprint density at radius 1 is 1.33 bits per heavy atom. The average molecular weight is 253 g/mol. The lowest BCUT2D eigenvalue weighted by Gasteiger charge is -2.02. The molecule has 7 heteroatoms. The minimum atomic E-state index is -0.134. The second kappa shape index (κ2) is 7.44. The molecule has 1 aromatic rings.